The first-order valence-corrected chi connectivity index (χ1v) is 6.59. The Morgan fingerprint density at radius 3 is 2.71 bits per heavy atom. The number of para-hydroxylation sites is 1. The topological polar surface area (TPSA) is 42.5 Å². The van der Waals surface area contributed by atoms with Gasteiger partial charge in [-0.3, -0.25) is 4.98 Å². The monoisotopic (exact) mass is 281 g/mol. The van der Waals surface area contributed by atoms with E-state index in [4.69, 9.17) is 0 Å². The molecular weight excluding hydrogens is 269 g/mol. The van der Waals surface area contributed by atoms with Crippen LogP contribution in [-0.2, 0) is 0 Å². The predicted molar refractivity (Wildman–Crippen MR) is 78.4 cm³/mol. The fraction of sp³-hybridized carbons (Fsp3) is 0.0625. The maximum Gasteiger partial charge on any atom is 0.238 e. The number of benzene rings is 1. The summed E-state index contributed by atoms with van der Waals surface area (Å²) in [5, 5.41) is 11.0. The quantitative estimate of drug-likeness (QED) is 0.581. The number of aromatic nitrogens is 3. The maximum absolute atomic E-state index is 14.2. The lowest BCUT2D eigenvalue weighted by atomic mass is 10.2. The van der Waals surface area contributed by atoms with Gasteiger partial charge in [-0.25, -0.2) is 13.6 Å². The first-order valence-electron chi connectivity index (χ1n) is 6.59. The predicted octanol–water partition coefficient (Wildman–Crippen LogP) is 3.43. The minimum Gasteiger partial charge on any atom is -0.492 e. The molecule has 3 aromatic heterocycles. The first-order chi connectivity index (χ1) is 10.2. The van der Waals surface area contributed by atoms with Crippen LogP contribution >= 0.6 is 0 Å². The van der Waals surface area contributed by atoms with Crippen LogP contribution in [-0.4, -0.2) is 19.3 Å². The Morgan fingerprint density at radius 2 is 1.95 bits per heavy atom. The molecule has 0 atom stereocenters. The molecule has 0 fully saturated rings. The number of fused-ring (bicyclic) bond motifs is 3. The van der Waals surface area contributed by atoms with Crippen LogP contribution < -0.4 is 0 Å². The molecule has 4 rings (SSSR count). The maximum atomic E-state index is 14.2. The van der Waals surface area contributed by atoms with Gasteiger partial charge in [-0.05, 0) is 31.2 Å². The third kappa shape index (κ3) is 1.57. The summed E-state index contributed by atoms with van der Waals surface area (Å²) in [6, 6.07) is 12.2. The minimum absolute atomic E-state index is 0.0887. The Morgan fingerprint density at radius 1 is 1.10 bits per heavy atom. The van der Waals surface area contributed by atoms with Gasteiger partial charge < -0.3 is 5.11 Å². The summed E-state index contributed by atoms with van der Waals surface area (Å²) in [5.74, 6) is -0.238. The van der Waals surface area contributed by atoms with Gasteiger partial charge in [0.2, 0.25) is 5.88 Å². The molecule has 4 nitrogen and oxygen atoms in total. The van der Waals surface area contributed by atoms with Gasteiger partial charge in [0.1, 0.15) is 16.9 Å². The van der Waals surface area contributed by atoms with Crippen molar-refractivity contribution in [3.05, 3.63) is 60.2 Å². The van der Waals surface area contributed by atoms with E-state index in [-0.39, 0.29) is 11.7 Å². The molecule has 0 spiro atoms. The summed E-state index contributed by atoms with van der Waals surface area (Å²) in [6.45, 7) is 1.89. The van der Waals surface area contributed by atoms with Crippen molar-refractivity contribution in [1.82, 2.24) is 14.2 Å². The molecule has 0 aliphatic carbocycles. The molecule has 0 aliphatic rings. The molecule has 0 amide bonds. The Balaban J connectivity index is 2.10. The number of aromatic hydroxyl groups is 1. The van der Waals surface area contributed by atoms with Crippen molar-refractivity contribution in [3.8, 4) is 11.6 Å². The zero-order valence-corrected chi connectivity index (χ0v) is 11.3. The van der Waals surface area contributed by atoms with E-state index in [1.807, 2.05) is 25.1 Å². The second kappa shape index (κ2) is 4.09. The SMILES string of the molecule is Cc1ccc(-n2c(O)c3ccc4cccc(F)c4n32)cn1. The lowest BCUT2D eigenvalue weighted by Crippen LogP contribution is -2.16. The third-order valence-corrected chi connectivity index (χ3v) is 3.65. The van der Waals surface area contributed by atoms with Gasteiger partial charge in [0, 0.05) is 11.1 Å². The van der Waals surface area contributed by atoms with E-state index < -0.39 is 0 Å². The highest BCUT2D eigenvalue weighted by Crippen LogP contribution is 2.32. The van der Waals surface area contributed by atoms with E-state index in [0.717, 1.165) is 11.1 Å². The number of halogens is 1. The van der Waals surface area contributed by atoms with Gasteiger partial charge in [0.25, 0.3) is 0 Å². The summed E-state index contributed by atoms with van der Waals surface area (Å²) in [7, 11) is 0. The van der Waals surface area contributed by atoms with Crippen LogP contribution in [0.4, 0.5) is 4.39 Å². The van der Waals surface area contributed by atoms with Gasteiger partial charge >= 0.3 is 0 Å². The molecule has 0 saturated carbocycles. The molecule has 104 valence electrons. The number of rotatable bonds is 1. The van der Waals surface area contributed by atoms with Crippen LogP contribution in [0.1, 0.15) is 5.69 Å². The molecule has 4 aromatic rings. The molecule has 0 radical (unpaired) electrons. The van der Waals surface area contributed by atoms with Crippen LogP contribution in [0.3, 0.4) is 0 Å². The van der Waals surface area contributed by atoms with E-state index >= 15 is 0 Å². The highest BCUT2D eigenvalue weighted by Gasteiger charge is 2.19. The highest BCUT2D eigenvalue weighted by atomic mass is 19.1. The number of hydrogen-bond donors (Lipinski definition) is 1. The zero-order chi connectivity index (χ0) is 14.6. The van der Waals surface area contributed by atoms with Gasteiger partial charge in [0.15, 0.2) is 0 Å². The minimum atomic E-state index is -0.327. The van der Waals surface area contributed by atoms with E-state index in [0.29, 0.717) is 16.7 Å². The van der Waals surface area contributed by atoms with E-state index in [9.17, 15) is 9.50 Å². The number of pyridine rings is 2. The van der Waals surface area contributed by atoms with Crippen molar-refractivity contribution in [2.45, 2.75) is 6.92 Å². The Bertz CT molecular complexity index is 967. The summed E-state index contributed by atoms with van der Waals surface area (Å²) in [6.07, 6.45) is 1.65. The molecule has 0 bridgehead atoms. The molecule has 0 saturated heterocycles. The summed E-state index contributed by atoms with van der Waals surface area (Å²) < 4.78 is 17.4. The molecule has 0 aliphatic heterocycles. The Labute approximate surface area is 119 Å². The second-order valence-corrected chi connectivity index (χ2v) is 5.00. The van der Waals surface area contributed by atoms with Gasteiger partial charge in [-0.2, -0.15) is 0 Å². The fourth-order valence-corrected chi connectivity index (χ4v) is 2.61. The smallest absolute Gasteiger partial charge is 0.238 e. The highest BCUT2D eigenvalue weighted by molar-refractivity contribution is 5.85. The lowest BCUT2D eigenvalue weighted by Gasteiger charge is -2.23. The van der Waals surface area contributed by atoms with Gasteiger partial charge in [0.05, 0.1) is 11.9 Å². The van der Waals surface area contributed by atoms with E-state index in [1.165, 1.54) is 6.07 Å². The van der Waals surface area contributed by atoms with Crippen molar-refractivity contribution in [2.75, 3.05) is 0 Å². The van der Waals surface area contributed by atoms with Crippen LogP contribution in [0, 0.1) is 12.7 Å². The van der Waals surface area contributed by atoms with Crippen LogP contribution in [0.5, 0.6) is 5.88 Å². The molecule has 5 heteroatoms. The van der Waals surface area contributed by atoms with Crippen LogP contribution in [0.2, 0.25) is 0 Å². The largest absolute Gasteiger partial charge is 0.492 e. The molecule has 1 N–H and O–H groups in total. The normalized spacial score (nSPS) is 11.5. The van der Waals surface area contributed by atoms with Gasteiger partial charge in [-0.15, -0.1) is 0 Å². The van der Waals surface area contributed by atoms with Gasteiger partial charge in [-0.1, -0.05) is 18.2 Å². The van der Waals surface area contributed by atoms with Crippen molar-refractivity contribution >= 4 is 16.4 Å². The van der Waals surface area contributed by atoms with Crippen molar-refractivity contribution in [1.29, 1.82) is 0 Å². The van der Waals surface area contributed by atoms with Crippen molar-refractivity contribution in [3.63, 3.8) is 0 Å². The lowest BCUT2D eigenvalue weighted by molar-refractivity contribution is 0.405. The first kappa shape index (κ1) is 12.0. The third-order valence-electron chi connectivity index (χ3n) is 3.65. The van der Waals surface area contributed by atoms with Crippen LogP contribution in [0.15, 0.2) is 48.7 Å². The number of aryl methyl sites for hydroxylation is 1. The summed E-state index contributed by atoms with van der Waals surface area (Å²) in [5.41, 5.74) is 2.58. The average Bonchev–Trinajstić information content (AvgIpc) is 2.49. The molecule has 21 heavy (non-hydrogen) atoms. The summed E-state index contributed by atoms with van der Waals surface area (Å²) in [4.78, 5) is 4.22. The molecule has 1 aromatic carbocycles. The Hall–Kier alpha value is -2.82. The number of hydrogen-bond acceptors (Lipinski definition) is 2. The second-order valence-electron chi connectivity index (χ2n) is 5.00. The van der Waals surface area contributed by atoms with Crippen molar-refractivity contribution < 1.29 is 9.50 Å². The standard InChI is InChI=1S/C16H12FN3O/c1-10-5-7-12(9-18-10)19-16(21)14-8-6-11-3-2-4-13(17)15(11)20(14)19/h2-9,21H,1H3. The zero-order valence-electron chi connectivity index (χ0n) is 11.3. The Kier molecular flexibility index (Phi) is 2.33. The van der Waals surface area contributed by atoms with E-state index in [2.05, 4.69) is 4.98 Å². The summed E-state index contributed by atoms with van der Waals surface area (Å²) >= 11 is 0. The fourth-order valence-electron chi connectivity index (χ4n) is 2.61. The molecule has 0 unspecified atom stereocenters. The van der Waals surface area contributed by atoms with E-state index in [1.54, 1.807) is 33.6 Å². The molecule has 3 heterocycles. The van der Waals surface area contributed by atoms with Crippen molar-refractivity contribution in [2.24, 2.45) is 0 Å². The average molecular weight is 281 g/mol. The number of nitrogens with zero attached hydrogens (tertiary/aromatic N) is 3. The van der Waals surface area contributed by atoms with Crippen LogP contribution in [0.25, 0.3) is 22.1 Å². The molecular formula is C16H12FN3O.